The molecule has 2 N–H and O–H groups in total. The molecule has 0 heterocycles. The maximum atomic E-state index is 4.15. The fourth-order valence-corrected chi connectivity index (χ4v) is 1.32. The van der Waals surface area contributed by atoms with Crippen LogP contribution in [0.3, 0.4) is 0 Å². The Kier molecular flexibility index (Phi) is 15.6. The molecule has 98 valence electrons. The van der Waals surface area contributed by atoms with Gasteiger partial charge in [-0.25, -0.2) is 0 Å². The van der Waals surface area contributed by atoms with Gasteiger partial charge in [-0.1, -0.05) is 6.92 Å². The van der Waals surface area contributed by atoms with Crippen molar-refractivity contribution in [2.24, 2.45) is 4.99 Å². The highest BCUT2D eigenvalue weighted by Crippen LogP contribution is 1.86. The normalized spacial score (nSPS) is 11.2. The molecule has 0 aromatic carbocycles. The van der Waals surface area contributed by atoms with Crippen molar-refractivity contribution in [3.05, 3.63) is 0 Å². The van der Waals surface area contributed by atoms with Gasteiger partial charge in [-0.2, -0.15) is 11.8 Å². The number of guanidine groups is 1. The van der Waals surface area contributed by atoms with Crippen LogP contribution >= 0.6 is 35.7 Å². The summed E-state index contributed by atoms with van der Waals surface area (Å²) in [6.07, 6.45) is 2.11. The third-order valence-corrected chi connectivity index (χ3v) is 2.76. The van der Waals surface area contributed by atoms with Gasteiger partial charge in [0, 0.05) is 32.4 Å². The zero-order valence-corrected chi connectivity index (χ0v) is 13.9. The van der Waals surface area contributed by atoms with Crippen LogP contribution in [0, 0.1) is 0 Å². The Morgan fingerprint density at radius 1 is 1.31 bits per heavy atom. The SMILES string of the molecule is CCN(C)CCNC(=NC)NCCSC.I. The van der Waals surface area contributed by atoms with Gasteiger partial charge in [-0.05, 0) is 19.8 Å². The topological polar surface area (TPSA) is 39.7 Å². The highest BCUT2D eigenvalue weighted by atomic mass is 127. The van der Waals surface area contributed by atoms with Crippen LogP contribution in [0.2, 0.25) is 0 Å². The molecule has 0 bridgehead atoms. The van der Waals surface area contributed by atoms with Crippen molar-refractivity contribution in [2.75, 3.05) is 52.3 Å². The van der Waals surface area contributed by atoms with Crippen molar-refractivity contribution in [2.45, 2.75) is 6.92 Å². The summed E-state index contributed by atoms with van der Waals surface area (Å²) in [7, 11) is 3.92. The van der Waals surface area contributed by atoms with E-state index in [-0.39, 0.29) is 24.0 Å². The van der Waals surface area contributed by atoms with Gasteiger partial charge in [0.1, 0.15) is 0 Å². The molecule has 0 amide bonds. The average Bonchev–Trinajstić information content (AvgIpc) is 2.26. The lowest BCUT2D eigenvalue weighted by Crippen LogP contribution is -2.41. The molecule has 0 fully saturated rings. The van der Waals surface area contributed by atoms with E-state index < -0.39 is 0 Å². The molecule has 0 aliphatic rings. The first kappa shape index (κ1) is 18.7. The second kappa shape index (κ2) is 13.4. The van der Waals surface area contributed by atoms with Crippen LogP contribution in [0.5, 0.6) is 0 Å². The zero-order chi connectivity index (χ0) is 11.5. The van der Waals surface area contributed by atoms with Crippen molar-refractivity contribution in [1.82, 2.24) is 15.5 Å². The standard InChI is InChI=1S/C10H24N4S.HI/c1-5-14(3)8-6-12-10(11-2)13-7-9-15-4;/h5-9H2,1-4H3,(H2,11,12,13);1H. The van der Waals surface area contributed by atoms with Gasteiger partial charge in [0.05, 0.1) is 0 Å². The number of hydrogen-bond donors (Lipinski definition) is 2. The monoisotopic (exact) mass is 360 g/mol. The second-order valence-corrected chi connectivity index (χ2v) is 4.30. The van der Waals surface area contributed by atoms with E-state index in [1.165, 1.54) is 0 Å². The predicted molar refractivity (Wildman–Crippen MR) is 86.3 cm³/mol. The van der Waals surface area contributed by atoms with Crippen LogP contribution in [0.15, 0.2) is 4.99 Å². The van der Waals surface area contributed by atoms with Crippen LogP contribution in [-0.2, 0) is 0 Å². The van der Waals surface area contributed by atoms with Gasteiger partial charge in [0.2, 0.25) is 0 Å². The number of halogens is 1. The zero-order valence-electron chi connectivity index (χ0n) is 10.7. The van der Waals surface area contributed by atoms with Crippen LogP contribution in [0.25, 0.3) is 0 Å². The quantitative estimate of drug-likeness (QED) is 0.309. The van der Waals surface area contributed by atoms with Gasteiger partial charge >= 0.3 is 0 Å². The highest BCUT2D eigenvalue weighted by molar-refractivity contribution is 14.0. The number of nitrogens with one attached hydrogen (secondary N) is 2. The molecule has 4 nitrogen and oxygen atoms in total. The van der Waals surface area contributed by atoms with E-state index in [2.05, 4.69) is 40.8 Å². The Bertz CT molecular complexity index is 178. The molecule has 6 heteroatoms. The van der Waals surface area contributed by atoms with E-state index in [9.17, 15) is 0 Å². The summed E-state index contributed by atoms with van der Waals surface area (Å²) in [6.45, 7) is 6.18. The van der Waals surface area contributed by atoms with Gasteiger partial charge in [-0.3, -0.25) is 4.99 Å². The molecule has 0 aliphatic carbocycles. The van der Waals surface area contributed by atoms with Crippen molar-refractivity contribution >= 4 is 41.7 Å². The van der Waals surface area contributed by atoms with E-state index in [0.717, 1.165) is 37.9 Å². The summed E-state index contributed by atoms with van der Waals surface area (Å²) in [4.78, 5) is 6.42. The molecule has 0 spiro atoms. The summed E-state index contributed by atoms with van der Waals surface area (Å²) >= 11 is 1.83. The Labute approximate surface area is 121 Å². The molecule has 0 rings (SSSR count). The minimum absolute atomic E-state index is 0. The predicted octanol–water partition coefficient (Wildman–Crippen LogP) is 1.08. The molecule has 0 aromatic heterocycles. The molecular weight excluding hydrogens is 335 g/mol. The lowest BCUT2D eigenvalue weighted by molar-refractivity contribution is 0.357. The lowest BCUT2D eigenvalue weighted by Gasteiger charge is -2.16. The maximum Gasteiger partial charge on any atom is 0.191 e. The van der Waals surface area contributed by atoms with E-state index in [4.69, 9.17) is 0 Å². The Hall–Kier alpha value is 0.310. The van der Waals surface area contributed by atoms with Crippen molar-refractivity contribution in [3.63, 3.8) is 0 Å². The minimum Gasteiger partial charge on any atom is -0.356 e. The molecule has 0 aromatic rings. The Morgan fingerprint density at radius 3 is 2.44 bits per heavy atom. The number of rotatable bonds is 7. The van der Waals surface area contributed by atoms with Crippen LogP contribution in [-0.4, -0.2) is 63.1 Å². The maximum absolute atomic E-state index is 4.15. The molecule has 0 atom stereocenters. The summed E-state index contributed by atoms with van der Waals surface area (Å²) < 4.78 is 0. The summed E-state index contributed by atoms with van der Waals surface area (Å²) in [5, 5.41) is 6.54. The molecule has 16 heavy (non-hydrogen) atoms. The first-order valence-electron chi connectivity index (χ1n) is 5.36. The molecule has 0 radical (unpaired) electrons. The first-order valence-corrected chi connectivity index (χ1v) is 6.76. The van der Waals surface area contributed by atoms with Crippen LogP contribution in [0.1, 0.15) is 6.92 Å². The number of thioether (sulfide) groups is 1. The molecular formula is C10H25IN4S. The Morgan fingerprint density at radius 2 is 1.94 bits per heavy atom. The van der Waals surface area contributed by atoms with Crippen molar-refractivity contribution < 1.29 is 0 Å². The summed E-state index contributed by atoms with van der Waals surface area (Å²) in [5.41, 5.74) is 0. The fraction of sp³-hybridized carbons (Fsp3) is 0.900. The van der Waals surface area contributed by atoms with Gasteiger partial charge in [-0.15, -0.1) is 24.0 Å². The second-order valence-electron chi connectivity index (χ2n) is 3.31. The van der Waals surface area contributed by atoms with Crippen LogP contribution < -0.4 is 10.6 Å². The van der Waals surface area contributed by atoms with Gasteiger partial charge < -0.3 is 15.5 Å². The smallest absolute Gasteiger partial charge is 0.191 e. The highest BCUT2D eigenvalue weighted by Gasteiger charge is 1.97. The van der Waals surface area contributed by atoms with Crippen LogP contribution in [0.4, 0.5) is 0 Å². The first-order chi connectivity index (χ1) is 7.24. The third-order valence-electron chi connectivity index (χ3n) is 2.15. The molecule has 0 saturated carbocycles. The number of nitrogens with zero attached hydrogens (tertiary/aromatic N) is 2. The fourth-order valence-electron chi connectivity index (χ4n) is 1.02. The minimum atomic E-state index is 0. The van der Waals surface area contributed by atoms with E-state index >= 15 is 0 Å². The number of likely N-dealkylation sites (N-methyl/N-ethyl adjacent to an activating group) is 1. The largest absolute Gasteiger partial charge is 0.356 e. The molecule has 0 aliphatic heterocycles. The average molecular weight is 360 g/mol. The lowest BCUT2D eigenvalue weighted by atomic mass is 10.5. The molecule has 0 unspecified atom stereocenters. The summed E-state index contributed by atoms with van der Waals surface area (Å²) in [6, 6.07) is 0. The van der Waals surface area contributed by atoms with Crippen molar-refractivity contribution in [1.29, 1.82) is 0 Å². The number of aliphatic imine (C=N–C) groups is 1. The van der Waals surface area contributed by atoms with E-state index in [0.29, 0.717) is 0 Å². The summed E-state index contributed by atoms with van der Waals surface area (Å²) in [5.74, 6) is 2.00. The van der Waals surface area contributed by atoms with E-state index in [1.807, 2.05) is 11.8 Å². The van der Waals surface area contributed by atoms with Gasteiger partial charge in [0.15, 0.2) is 5.96 Å². The molecule has 0 saturated heterocycles. The Balaban J connectivity index is 0. The van der Waals surface area contributed by atoms with Gasteiger partial charge in [0.25, 0.3) is 0 Å². The van der Waals surface area contributed by atoms with E-state index in [1.54, 1.807) is 7.05 Å². The number of hydrogen-bond acceptors (Lipinski definition) is 3. The third kappa shape index (κ3) is 10.8. The van der Waals surface area contributed by atoms with Crippen molar-refractivity contribution in [3.8, 4) is 0 Å².